The molecule has 2 unspecified atom stereocenters. The van der Waals surface area contributed by atoms with E-state index in [2.05, 4.69) is 26.1 Å². The maximum atomic E-state index is 14.1. The van der Waals surface area contributed by atoms with E-state index in [1.807, 2.05) is 19.1 Å². The summed E-state index contributed by atoms with van der Waals surface area (Å²) in [5.74, 6) is -0.171. The monoisotopic (exact) mass is 267 g/mol. The first kappa shape index (κ1) is 16.1. The third kappa shape index (κ3) is 4.02. The fourth-order valence-electron chi connectivity index (χ4n) is 2.37. The summed E-state index contributed by atoms with van der Waals surface area (Å²) in [5.41, 5.74) is 0.292. The maximum Gasteiger partial charge on any atom is 0.128 e. The van der Waals surface area contributed by atoms with Gasteiger partial charge in [-0.25, -0.2) is 4.39 Å². The first-order chi connectivity index (χ1) is 9.09. The fraction of sp³-hybridized carbons (Fsp3) is 0.625. The second-order valence-corrected chi connectivity index (χ2v) is 5.01. The minimum Gasteiger partial charge on any atom is -0.374 e. The van der Waals surface area contributed by atoms with Crippen molar-refractivity contribution in [1.29, 1.82) is 0 Å². The van der Waals surface area contributed by atoms with Crippen LogP contribution in [0.15, 0.2) is 24.3 Å². The summed E-state index contributed by atoms with van der Waals surface area (Å²) < 4.78 is 20.0. The van der Waals surface area contributed by atoms with Crippen LogP contribution in [0.2, 0.25) is 0 Å². The predicted octanol–water partition coefficient (Wildman–Crippen LogP) is 4.07. The summed E-state index contributed by atoms with van der Waals surface area (Å²) in [5, 5.41) is 3.44. The Morgan fingerprint density at radius 2 is 1.95 bits per heavy atom. The number of benzene rings is 1. The molecular formula is C16H26FNO. The van der Waals surface area contributed by atoms with E-state index in [-0.39, 0.29) is 11.9 Å². The van der Waals surface area contributed by atoms with Gasteiger partial charge in [-0.1, -0.05) is 32.0 Å². The topological polar surface area (TPSA) is 21.3 Å². The maximum absolute atomic E-state index is 14.1. The van der Waals surface area contributed by atoms with Crippen molar-refractivity contribution in [2.24, 2.45) is 0 Å². The molecule has 0 radical (unpaired) electrons. The predicted molar refractivity (Wildman–Crippen MR) is 77.8 cm³/mol. The highest BCUT2D eigenvalue weighted by molar-refractivity contribution is 5.24. The molecule has 0 fully saturated rings. The lowest BCUT2D eigenvalue weighted by molar-refractivity contribution is -0.0570. The highest BCUT2D eigenvalue weighted by Gasteiger charge is 2.35. The molecule has 0 aliphatic carbocycles. The van der Waals surface area contributed by atoms with Crippen molar-refractivity contribution in [2.75, 3.05) is 13.2 Å². The molecule has 108 valence electrons. The quantitative estimate of drug-likeness (QED) is 0.766. The standard InChI is InChI=1S/C16H26FNO/c1-5-12-18-15(16(4,6-2)19-7-3)13-10-8-9-11-14(13)17/h8-11,15,18H,5-7,12H2,1-4H3. The van der Waals surface area contributed by atoms with E-state index >= 15 is 0 Å². The summed E-state index contributed by atoms with van der Waals surface area (Å²) in [6, 6.07) is 6.83. The van der Waals surface area contributed by atoms with Gasteiger partial charge >= 0.3 is 0 Å². The Balaban J connectivity index is 3.09. The molecule has 2 nitrogen and oxygen atoms in total. The summed E-state index contributed by atoms with van der Waals surface area (Å²) >= 11 is 0. The van der Waals surface area contributed by atoms with E-state index in [0.717, 1.165) is 19.4 Å². The van der Waals surface area contributed by atoms with Gasteiger partial charge in [0.15, 0.2) is 0 Å². The van der Waals surface area contributed by atoms with Crippen LogP contribution in [0, 0.1) is 5.82 Å². The van der Waals surface area contributed by atoms with Gasteiger partial charge in [-0.15, -0.1) is 0 Å². The minimum atomic E-state index is -0.397. The van der Waals surface area contributed by atoms with Gasteiger partial charge in [0.25, 0.3) is 0 Å². The zero-order valence-electron chi connectivity index (χ0n) is 12.5. The van der Waals surface area contributed by atoms with Crippen molar-refractivity contribution in [3.05, 3.63) is 35.6 Å². The zero-order valence-corrected chi connectivity index (χ0v) is 12.5. The largest absolute Gasteiger partial charge is 0.374 e. The van der Waals surface area contributed by atoms with Crippen LogP contribution in [-0.4, -0.2) is 18.8 Å². The third-order valence-corrected chi connectivity index (χ3v) is 3.60. The molecule has 0 saturated carbocycles. The second-order valence-electron chi connectivity index (χ2n) is 5.01. The zero-order chi connectivity index (χ0) is 14.3. The fourth-order valence-corrected chi connectivity index (χ4v) is 2.37. The highest BCUT2D eigenvalue weighted by atomic mass is 19.1. The highest BCUT2D eigenvalue weighted by Crippen LogP contribution is 2.33. The normalized spacial score (nSPS) is 16.1. The average Bonchev–Trinajstić information content (AvgIpc) is 2.41. The Morgan fingerprint density at radius 1 is 1.26 bits per heavy atom. The van der Waals surface area contributed by atoms with Crippen molar-refractivity contribution in [1.82, 2.24) is 5.32 Å². The van der Waals surface area contributed by atoms with Gasteiger partial charge < -0.3 is 10.1 Å². The van der Waals surface area contributed by atoms with E-state index in [1.54, 1.807) is 6.07 Å². The SMILES string of the molecule is CCCNC(c1ccccc1F)C(C)(CC)OCC. The molecule has 0 bridgehead atoms. The third-order valence-electron chi connectivity index (χ3n) is 3.60. The van der Waals surface area contributed by atoms with Gasteiger partial charge in [0.2, 0.25) is 0 Å². The lowest BCUT2D eigenvalue weighted by atomic mass is 9.87. The molecular weight excluding hydrogens is 241 g/mol. The van der Waals surface area contributed by atoms with E-state index in [0.29, 0.717) is 12.2 Å². The average molecular weight is 267 g/mol. The number of rotatable bonds is 8. The van der Waals surface area contributed by atoms with Crippen LogP contribution in [0.5, 0.6) is 0 Å². The molecule has 1 N–H and O–H groups in total. The first-order valence-electron chi connectivity index (χ1n) is 7.20. The second kappa shape index (κ2) is 7.61. The molecule has 19 heavy (non-hydrogen) atoms. The van der Waals surface area contributed by atoms with Crippen LogP contribution < -0.4 is 5.32 Å². The summed E-state index contributed by atoms with van der Waals surface area (Å²) in [6.45, 7) is 9.69. The Bertz CT molecular complexity index is 383. The number of hydrogen-bond acceptors (Lipinski definition) is 2. The summed E-state index contributed by atoms with van der Waals surface area (Å²) in [4.78, 5) is 0. The first-order valence-corrected chi connectivity index (χ1v) is 7.20. The number of ether oxygens (including phenoxy) is 1. The van der Waals surface area contributed by atoms with Gasteiger partial charge in [-0.3, -0.25) is 0 Å². The van der Waals surface area contributed by atoms with E-state index in [1.165, 1.54) is 6.07 Å². The molecule has 0 saturated heterocycles. The lowest BCUT2D eigenvalue weighted by Crippen LogP contribution is -2.44. The number of nitrogens with one attached hydrogen (secondary N) is 1. The molecule has 3 heteroatoms. The van der Waals surface area contributed by atoms with Crippen LogP contribution in [0.25, 0.3) is 0 Å². The van der Waals surface area contributed by atoms with Crippen LogP contribution in [-0.2, 0) is 4.74 Å². The van der Waals surface area contributed by atoms with Crippen LogP contribution >= 0.6 is 0 Å². The lowest BCUT2D eigenvalue weighted by Gasteiger charge is -2.38. The Labute approximate surface area is 116 Å². The Kier molecular flexibility index (Phi) is 6.46. The van der Waals surface area contributed by atoms with E-state index in [9.17, 15) is 4.39 Å². The van der Waals surface area contributed by atoms with Crippen LogP contribution in [0.1, 0.15) is 52.1 Å². The smallest absolute Gasteiger partial charge is 0.128 e. The molecule has 0 spiro atoms. The van der Waals surface area contributed by atoms with Gasteiger partial charge in [-0.2, -0.15) is 0 Å². The van der Waals surface area contributed by atoms with E-state index in [4.69, 9.17) is 4.74 Å². The molecule has 1 rings (SSSR count). The molecule has 0 aromatic heterocycles. The molecule has 1 aromatic carbocycles. The Morgan fingerprint density at radius 3 is 2.47 bits per heavy atom. The van der Waals surface area contributed by atoms with Gasteiger partial charge in [0, 0.05) is 12.2 Å². The molecule has 0 aliphatic heterocycles. The Hall–Kier alpha value is -0.930. The van der Waals surface area contributed by atoms with Crippen molar-refractivity contribution in [3.8, 4) is 0 Å². The minimum absolute atomic E-state index is 0.126. The van der Waals surface area contributed by atoms with Gasteiger partial charge in [-0.05, 0) is 39.3 Å². The van der Waals surface area contributed by atoms with Crippen LogP contribution in [0.3, 0.4) is 0 Å². The van der Waals surface area contributed by atoms with Gasteiger partial charge in [0.05, 0.1) is 11.6 Å². The molecule has 2 atom stereocenters. The number of halogens is 1. The summed E-state index contributed by atoms with van der Waals surface area (Å²) in [7, 11) is 0. The van der Waals surface area contributed by atoms with Gasteiger partial charge in [0.1, 0.15) is 5.82 Å². The van der Waals surface area contributed by atoms with Crippen molar-refractivity contribution in [3.63, 3.8) is 0 Å². The van der Waals surface area contributed by atoms with E-state index < -0.39 is 5.60 Å². The van der Waals surface area contributed by atoms with Crippen molar-refractivity contribution >= 4 is 0 Å². The summed E-state index contributed by atoms with van der Waals surface area (Å²) in [6.07, 6.45) is 1.84. The molecule has 0 amide bonds. The van der Waals surface area contributed by atoms with Crippen molar-refractivity contribution in [2.45, 2.75) is 52.2 Å². The van der Waals surface area contributed by atoms with Crippen molar-refractivity contribution < 1.29 is 9.13 Å². The molecule has 1 aromatic rings. The van der Waals surface area contributed by atoms with Crippen LogP contribution in [0.4, 0.5) is 4.39 Å². The number of hydrogen-bond donors (Lipinski definition) is 1. The molecule has 0 heterocycles. The molecule has 0 aliphatic rings.